The van der Waals surface area contributed by atoms with Crippen LogP contribution in [0.4, 0.5) is 0 Å². The zero-order valence-electron chi connectivity index (χ0n) is 20.7. The highest BCUT2D eigenvalue weighted by Crippen LogP contribution is 2.46. The van der Waals surface area contributed by atoms with Gasteiger partial charge in [-0.15, -0.1) is 0 Å². The second-order valence-corrected chi connectivity index (χ2v) is 11.1. The molecule has 9 heteroatoms. The normalized spacial score (nSPS) is 17.0. The minimum atomic E-state index is -3.99. The predicted octanol–water partition coefficient (Wildman–Crippen LogP) is 4.96. The van der Waals surface area contributed by atoms with Crippen molar-refractivity contribution in [3.63, 3.8) is 0 Å². The van der Waals surface area contributed by atoms with Crippen molar-refractivity contribution in [3.05, 3.63) is 99.2 Å². The number of hydrogen-bond acceptors (Lipinski definition) is 7. The molecule has 0 radical (unpaired) electrons. The summed E-state index contributed by atoms with van der Waals surface area (Å²) in [7, 11) is 0.787. The first-order valence-corrected chi connectivity index (χ1v) is 13.5. The Kier molecular flexibility index (Phi) is 6.56. The van der Waals surface area contributed by atoms with Crippen molar-refractivity contribution < 1.29 is 22.6 Å². The topological polar surface area (TPSA) is 91.1 Å². The predicted molar refractivity (Wildman–Crippen MR) is 144 cm³/mol. The molecule has 0 bridgehead atoms. The number of allylic oxidation sites excluding steroid dienone is 2. The summed E-state index contributed by atoms with van der Waals surface area (Å²) in [6.07, 6.45) is 2.62. The van der Waals surface area contributed by atoms with Gasteiger partial charge in [0.15, 0.2) is 11.5 Å². The molecule has 0 amide bonds. The summed E-state index contributed by atoms with van der Waals surface area (Å²) in [6.45, 7) is 0.518. The number of nitrogens with two attached hydrogens (primary N) is 1. The maximum Gasteiger partial charge on any atom is 0.207 e. The molecular weight excluding hydrogens is 512 g/mol. The number of sulfone groups is 1. The Morgan fingerprint density at radius 1 is 0.946 bits per heavy atom. The molecule has 2 N–H and O–H groups in total. The van der Waals surface area contributed by atoms with E-state index < -0.39 is 15.8 Å². The van der Waals surface area contributed by atoms with Gasteiger partial charge in [0.05, 0.1) is 26.2 Å². The SMILES string of the molecule is COc1ccc([C@H]2C=C3c4cc(OC)c(OC)cc4CCN3C(N)=C2S(=O)(=O)c2cccc(Cl)c2)cc1. The fraction of sp³-hybridized carbons (Fsp3) is 0.214. The number of rotatable bonds is 6. The van der Waals surface area contributed by atoms with Crippen LogP contribution in [0.15, 0.2) is 82.4 Å². The fourth-order valence-corrected chi connectivity index (χ4v) is 6.92. The van der Waals surface area contributed by atoms with E-state index in [9.17, 15) is 8.42 Å². The van der Waals surface area contributed by atoms with Crippen LogP contribution in [0.1, 0.15) is 22.6 Å². The van der Waals surface area contributed by atoms with Crippen LogP contribution in [0.5, 0.6) is 17.2 Å². The van der Waals surface area contributed by atoms with Gasteiger partial charge < -0.3 is 24.8 Å². The van der Waals surface area contributed by atoms with Gasteiger partial charge in [-0.05, 0) is 66.1 Å². The fourth-order valence-electron chi connectivity index (χ4n) is 4.95. The molecule has 2 heterocycles. The zero-order chi connectivity index (χ0) is 26.3. The average Bonchev–Trinajstić information content (AvgIpc) is 2.91. The van der Waals surface area contributed by atoms with Crippen molar-refractivity contribution in [2.75, 3.05) is 27.9 Å². The average molecular weight is 539 g/mol. The van der Waals surface area contributed by atoms with E-state index in [-0.39, 0.29) is 15.6 Å². The number of nitrogens with zero attached hydrogens (tertiary/aromatic N) is 1. The standard InChI is InChI=1S/C28H27ClN2O5S/c1-34-20-9-7-17(8-10-20)23-15-24-22-16-26(36-3)25(35-2)13-18(22)11-12-31(24)28(30)27(23)37(32,33)21-6-4-5-19(29)14-21/h4-10,13-16,23H,11-12,30H2,1-3H3/t23-/m1/s1. The van der Waals surface area contributed by atoms with Crippen molar-refractivity contribution in [2.24, 2.45) is 5.73 Å². The van der Waals surface area contributed by atoms with E-state index in [1.807, 2.05) is 47.4 Å². The van der Waals surface area contributed by atoms with Gasteiger partial charge in [0, 0.05) is 28.7 Å². The van der Waals surface area contributed by atoms with Crippen molar-refractivity contribution >= 4 is 27.1 Å². The molecule has 3 aromatic carbocycles. The first-order valence-electron chi connectivity index (χ1n) is 11.7. The second-order valence-electron chi connectivity index (χ2n) is 8.78. The smallest absolute Gasteiger partial charge is 0.207 e. The third-order valence-electron chi connectivity index (χ3n) is 6.80. The monoisotopic (exact) mass is 538 g/mol. The number of hydrogen-bond donors (Lipinski definition) is 1. The molecule has 1 atom stereocenters. The molecule has 0 aliphatic carbocycles. The van der Waals surface area contributed by atoms with Crippen LogP contribution < -0.4 is 19.9 Å². The molecule has 0 saturated heterocycles. The molecule has 37 heavy (non-hydrogen) atoms. The molecule has 7 nitrogen and oxygen atoms in total. The van der Waals surface area contributed by atoms with Gasteiger partial charge >= 0.3 is 0 Å². The lowest BCUT2D eigenvalue weighted by Gasteiger charge is -2.39. The summed E-state index contributed by atoms with van der Waals surface area (Å²) < 4.78 is 44.5. The molecule has 0 fully saturated rings. The highest BCUT2D eigenvalue weighted by Gasteiger charge is 2.39. The second kappa shape index (κ2) is 9.68. The van der Waals surface area contributed by atoms with Crippen molar-refractivity contribution in [1.82, 2.24) is 4.90 Å². The molecule has 2 aliphatic heterocycles. The minimum Gasteiger partial charge on any atom is -0.497 e. The highest BCUT2D eigenvalue weighted by molar-refractivity contribution is 7.95. The Balaban J connectivity index is 1.73. The maximum atomic E-state index is 14.0. The third kappa shape index (κ3) is 4.30. The lowest BCUT2D eigenvalue weighted by atomic mass is 9.88. The van der Waals surface area contributed by atoms with E-state index >= 15 is 0 Å². The van der Waals surface area contributed by atoms with Crippen LogP contribution in [0.25, 0.3) is 5.70 Å². The first kappa shape index (κ1) is 25.0. The van der Waals surface area contributed by atoms with Crippen LogP contribution in [-0.4, -0.2) is 41.2 Å². The molecule has 0 unspecified atom stereocenters. The third-order valence-corrected chi connectivity index (χ3v) is 8.95. The van der Waals surface area contributed by atoms with Crippen LogP contribution >= 0.6 is 11.6 Å². The van der Waals surface area contributed by atoms with Gasteiger partial charge in [-0.25, -0.2) is 8.42 Å². The summed E-state index contributed by atoms with van der Waals surface area (Å²) in [5.74, 6) is 1.46. The van der Waals surface area contributed by atoms with Gasteiger partial charge in [-0.1, -0.05) is 29.8 Å². The van der Waals surface area contributed by atoms with Crippen molar-refractivity contribution in [1.29, 1.82) is 0 Å². The van der Waals surface area contributed by atoms with Gasteiger partial charge in [0.25, 0.3) is 0 Å². The van der Waals surface area contributed by atoms with E-state index in [0.29, 0.717) is 35.2 Å². The molecule has 0 aromatic heterocycles. The molecule has 192 valence electrons. The van der Waals surface area contributed by atoms with Crippen LogP contribution in [0.2, 0.25) is 5.02 Å². The van der Waals surface area contributed by atoms with E-state index in [1.165, 1.54) is 12.1 Å². The lowest BCUT2D eigenvalue weighted by molar-refractivity contribution is 0.353. The van der Waals surface area contributed by atoms with Crippen LogP contribution in [0, 0.1) is 0 Å². The van der Waals surface area contributed by atoms with Crippen LogP contribution in [-0.2, 0) is 16.3 Å². The molecule has 0 spiro atoms. The number of benzene rings is 3. The zero-order valence-corrected chi connectivity index (χ0v) is 22.3. The molecule has 5 rings (SSSR count). The minimum absolute atomic E-state index is 0.0946. The van der Waals surface area contributed by atoms with Gasteiger partial charge in [-0.3, -0.25) is 0 Å². The van der Waals surface area contributed by atoms with E-state index in [2.05, 4.69) is 0 Å². The number of halogens is 1. The van der Waals surface area contributed by atoms with Gasteiger partial charge in [0.2, 0.25) is 9.84 Å². The van der Waals surface area contributed by atoms with Gasteiger partial charge in [0.1, 0.15) is 16.5 Å². The quantitative estimate of drug-likeness (QED) is 0.474. The van der Waals surface area contributed by atoms with Gasteiger partial charge in [-0.2, -0.15) is 0 Å². The van der Waals surface area contributed by atoms with Crippen molar-refractivity contribution in [3.8, 4) is 17.2 Å². The van der Waals surface area contributed by atoms with E-state index in [4.69, 9.17) is 31.5 Å². The number of ether oxygens (including phenoxy) is 3. The number of methoxy groups -OCH3 is 3. The Hall–Kier alpha value is -3.62. The molecular formula is C28H27ClN2O5S. The first-order chi connectivity index (χ1) is 17.8. The Morgan fingerprint density at radius 3 is 2.30 bits per heavy atom. The Labute approximate surface area is 221 Å². The van der Waals surface area contributed by atoms with E-state index in [0.717, 1.165) is 22.4 Å². The summed E-state index contributed by atoms with van der Waals surface area (Å²) in [6, 6.07) is 17.5. The summed E-state index contributed by atoms with van der Waals surface area (Å²) >= 11 is 6.16. The molecule has 3 aromatic rings. The summed E-state index contributed by atoms with van der Waals surface area (Å²) in [5.41, 5.74) is 10.3. The largest absolute Gasteiger partial charge is 0.497 e. The molecule has 2 aliphatic rings. The highest BCUT2D eigenvalue weighted by atomic mass is 35.5. The lowest BCUT2D eigenvalue weighted by Crippen LogP contribution is -2.38. The van der Waals surface area contributed by atoms with E-state index in [1.54, 1.807) is 33.5 Å². The van der Waals surface area contributed by atoms with Crippen molar-refractivity contribution in [2.45, 2.75) is 17.2 Å². The molecule has 0 saturated carbocycles. The summed E-state index contributed by atoms with van der Waals surface area (Å²) in [4.78, 5) is 2.08. The Bertz CT molecular complexity index is 1530. The number of fused-ring (bicyclic) bond motifs is 3. The van der Waals surface area contributed by atoms with Crippen LogP contribution in [0.3, 0.4) is 0 Å². The maximum absolute atomic E-state index is 14.0. The summed E-state index contributed by atoms with van der Waals surface area (Å²) in [5, 5.41) is 0.334. The Morgan fingerprint density at radius 2 is 1.65 bits per heavy atom.